The first kappa shape index (κ1) is 20.6. The molecule has 0 spiro atoms. The third-order valence-electron chi connectivity index (χ3n) is 6.35. The van der Waals surface area contributed by atoms with Gasteiger partial charge < -0.3 is 14.2 Å². The Balaban J connectivity index is 1.20. The van der Waals surface area contributed by atoms with E-state index in [-0.39, 0.29) is 11.9 Å². The Morgan fingerprint density at radius 2 is 1.75 bits per heavy atom. The van der Waals surface area contributed by atoms with Crippen LogP contribution in [0.5, 0.6) is 11.5 Å². The van der Waals surface area contributed by atoms with Crippen LogP contribution in [0.4, 0.5) is 0 Å². The SMILES string of the molecule is COC(=O)C1CN(C2COc3cc(-c4ccc(OCc5ccccc5)cc4)ccc3C2)C1. The van der Waals surface area contributed by atoms with Crippen molar-refractivity contribution >= 4 is 5.97 Å². The highest BCUT2D eigenvalue weighted by Crippen LogP contribution is 2.34. The third kappa shape index (κ3) is 4.34. The number of fused-ring (bicyclic) bond motifs is 1. The van der Waals surface area contributed by atoms with Crippen molar-refractivity contribution in [2.24, 2.45) is 5.92 Å². The lowest BCUT2D eigenvalue weighted by Gasteiger charge is -2.44. The molecule has 0 aliphatic carbocycles. The van der Waals surface area contributed by atoms with Crippen LogP contribution in [0.3, 0.4) is 0 Å². The van der Waals surface area contributed by atoms with Crippen molar-refractivity contribution in [3.8, 4) is 22.6 Å². The molecule has 5 rings (SSSR count). The van der Waals surface area contributed by atoms with Crippen LogP contribution < -0.4 is 9.47 Å². The second-order valence-corrected chi connectivity index (χ2v) is 8.46. The first-order chi connectivity index (χ1) is 15.7. The van der Waals surface area contributed by atoms with Gasteiger partial charge in [0, 0.05) is 19.1 Å². The molecule has 32 heavy (non-hydrogen) atoms. The number of hydrogen-bond acceptors (Lipinski definition) is 5. The van der Waals surface area contributed by atoms with Crippen LogP contribution in [0, 0.1) is 5.92 Å². The average molecular weight is 430 g/mol. The largest absolute Gasteiger partial charge is 0.492 e. The monoisotopic (exact) mass is 429 g/mol. The van der Waals surface area contributed by atoms with Gasteiger partial charge in [-0.2, -0.15) is 0 Å². The van der Waals surface area contributed by atoms with Crippen molar-refractivity contribution in [1.29, 1.82) is 0 Å². The third-order valence-corrected chi connectivity index (χ3v) is 6.35. The van der Waals surface area contributed by atoms with Crippen LogP contribution in [-0.4, -0.2) is 43.7 Å². The molecule has 2 aliphatic heterocycles. The van der Waals surface area contributed by atoms with Crippen LogP contribution in [-0.2, 0) is 22.6 Å². The van der Waals surface area contributed by atoms with Gasteiger partial charge in [-0.3, -0.25) is 9.69 Å². The highest BCUT2D eigenvalue weighted by Gasteiger charge is 2.39. The minimum absolute atomic E-state index is 0.00316. The van der Waals surface area contributed by atoms with Gasteiger partial charge in [0.05, 0.1) is 13.0 Å². The number of carbonyl (C=O) groups excluding carboxylic acids is 1. The van der Waals surface area contributed by atoms with Gasteiger partial charge >= 0.3 is 5.97 Å². The first-order valence-corrected chi connectivity index (χ1v) is 11.0. The highest BCUT2D eigenvalue weighted by molar-refractivity contribution is 5.74. The van der Waals surface area contributed by atoms with E-state index >= 15 is 0 Å². The quantitative estimate of drug-likeness (QED) is 0.546. The van der Waals surface area contributed by atoms with Crippen molar-refractivity contribution in [3.63, 3.8) is 0 Å². The fraction of sp³-hybridized carbons (Fsp3) is 0.296. The molecule has 0 aromatic heterocycles. The second kappa shape index (κ2) is 9.05. The molecule has 3 aromatic rings. The van der Waals surface area contributed by atoms with Gasteiger partial charge in [-0.05, 0) is 46.9 Å². The predicted molar refractivity (Wildman–Crippen MR) is 123 cm³/mol. The molecule has 5 nitrogen and oxygen atoms in total. The Morgan fingerprint density at radius 3 is 2.50 bits per heavy atom. The summed E-state index contributed by atoms with van der Waals surface area (Å²) in [5.41, 5.74) is 4.64. The zero-order chi connectivity index (χ0) is 21.9. The van der Waals surface area contributed by atoms with Gasteiger partial charge in [0.25, 0.3) is 0 Å². The summed E-state index contributed by atoms with van der Waals surface area (Å²) in [5.74, 6) is 1.70. The van der Waals surface area contributed by atoms with E-state index in [4.69, 9.17) is 14.2 Å². The van der Waals surface area contributed by atoms with Crippen LogP contribution in [0.2, 0.25) is 0 Å². The lowest BCUT2D eigenvalue weighted by molar-refractivity contribution is -0.153. The smallest absolute Gasteiger partial charge is 0.311 e. The normalized spacial score (nSPS) is 18.2. The van der Waals surface area contributed by atoms with E-state index in [0.29, 0.717) is 19.3 Å². The van der Waals surface area contributed by atoms with E-state index in [0.717, 1.165) is 47.7 Å². The summed E-state index contributed by atoms with van der Waals surface area (Å²) >= 11 is 0. The average Bonchev–Trinajstić information content (AvgIpc) is 2.82. The molecule has 1 fully saturated rings. The van der Waals surface area contributed by atoms with E-state index in [2.05, 4.69) is 47.4 Å². The van der Waals surface area contributed by atoms with Gasteiger partial charge in [-0.15, -0.1) is 0 Å². The Bertz CT molecular complexity index is 1070. The summed E-state index contributed by atoms with van der Waals surface area (Å²) < 4.78 is 16.8. The van der Waals surface area contributed by atoms with Crippen molar-refractivity contribution < 1.29 is 19.0 Å². The summed E-state index contributed by atoms with van der Waals surface area (Å²) in [6.07, 6.45) is 0.940. The Labute approximate surface area is 188 Å². The summed E-state index contributed by atoms with van der Waals surface area (Å²) in [7, 11) is 1.45. The Kier molecular flexibility index (Phi) is 5.82. The van der Waals surface area contributed by atoms with Gasteiger partial charge in [0.15, 0.2) is 0 Å². The van der Waals surface area contributed by atoms with E-state index in [1.54, 1.807) is 0 Å². The summed E-state index contributed by atoms with van der Waals surface area (Å²) in [6.45, 7) is 2.72. The second-order valence-electron chi connectivity index (χ2n) is 8.46. The Hall–Kier alpha value is -3.31. The molecule has 0 amide bonds. The first-order valence-electron chi connectivity index (χ1n) is 11.0. The van der Waals surface area contributed by atoms with Crippen LogP contribution in [0.1, 0.15) is 11.1 Å². The van der Waals surface area contributed by atoms with Gasteiger partial charge in [0.1, 0.15) is 24.7 Å². The summed E-state index contributed by atoms with van der Waals surface area (Å²) in [4.78, 5) is 13.9. The lowest BCUT2D eigenvalue weighted by atomic mass is 9.92. The predicted octanol–water partition coefficient (Wildman–Crippen LogP) is 4.34. The molecule has 0 bridgehead atoms. The molecule has 1 saturated heterocycles. The van der Waals surface area contributed by atoms with Gasteiger partial charge in [-0.25, -0.2) is 0 Å². The number of esters is 1. The molecule has 2 aliphatic rings. The number of likely N-dealkylation sites (tertiary alicyclic amines) is 1. The van der Waals surface area contributed by atoms with Crippen molar-refractivity contribution in [1.82, 2.24) is 4.90 Å². The molecule has 1 atom stereocenters. The van der Waals surface area contributed by atoms with Gasteiger partial charge in [0.2, 0.25) is 0 Å². The van der Waals surface area contributed by atoms with Crippen LogP contribution in [0.25, 0.3) is 11.1 Å². The lowest BCUT2D eigenvalue weighted by Crippen LogP contribution is -2.57. The summed E-state index contributed by atoms with van der Waals surface area (Å²) in [5, 5.41) is 0. The molecule has 3 aromatic carbocycles. The zero-order valence-electron chi connectivity index (χ0n) is 18.2. The topological polar surface area (TPSA) is 48.0 Å². The minimum atomic E-state index is -0.112. The van der Waals surface area contributed by atoms with Gasteiger partial charge in [-0.1, -0.05) is 54.6 Å². The molecule has 0 saturated carbocycles. The molecule has 0 N–H and O–H groups in total. The van der Waals surface area contributed by atoms with Crippen molar-refractivity contribution in [2.75, 3.05) is 26.8 Å². The van der Waals surface area contributed by atoms with E-state index in [1.165, 1.54) is 12.7 Å². The number of methoxy groups -OCH3 is 1. The van der Waals surface area contributed by atoms with E-state index < -0.39 is 0 Å². The maximum absolute atomic E-state index is 11.6. The number of carbonyl (C=O) groups is 1. The molecular formula is C27H27NO4. The number of benzene rings is 3. The van der Waals surface area contributed by atoms with Crippen molar-refractivity contribution in [3.05, 3.63) is 83.9 Å². The molecule has 164 valence electrons. The molecule has 0 radical (unpaired) electrons. The molecular weight excluding hydrogens is 402 g/mol. The summed E-state index contributed by atoms with van der Waals surface area (Å²) in [6, 6.07) is 25.1. The zero-order valence-corrected chi connectivity index (χ0v) is 18.2. The maximum atomic E-state index is 11.6. The molecule has 1 unspecified atom stereocenters. The van der Waals surface area contributed by atoms with E-state index in [9.17, 15) is 4.79 Å². The van der Waals surface area contributed by atoms with E-state index in [1.807, 2.05) is 30.3 Å². The highest BCUT2D eigenvalue weighted by atomic mass is 16.5. The number of nitrogens with zero attached hydrogens (tertiary/aromatic N) is 1. The van der Waals surface area contributed by atoms with Crippen LogP contribution >= 0.6 is 0 Å². The number of ether oxygens (including phenoxy) is 3. The minimum Gasteiger partial charge on any atom is -0.492 e. The van der Waals surface area contributed by atoms with Crippen molar-refractivity contribution in [2.45, 2.75) is 19.1 Å². The fourth-order valence-corrected chi connectivity index (χ4v) is 4.38. The molecule has 2 heterocycles. The fourth-order valence-electron chi connectivity index (χ4n) is 4.38. The maximum Gasteiger partial charge on any atom is 0.311 e. The number of hydrogen-bond donors (Lipinski definition) is 0. The Morgan fingerprint density at radius 1 is 1.00 bits per heavy atom. The standard InChI is InChI=1S/C27H27NO4/c1-30-27(29)23-15-28(16-23)24-13-22-8-7-21(14-26(22)32-18-24)20-9-11-25(12-10-20)31-17-19-5-3-2-4-6-19/h2-12,14,23-24H,13,15-18H2,1H3. The number of rotatable bonds is 6. The van der Waals surface area contributed by atoms with Crippen LogP contribution in [0.15, 0.2) is 72.8 Å². The molecule has 5 heteroatoms.